The standard InChI is InChI=1S/C28H27ClN2O2/c29-23-16-10-13-21(19-23)26-31-28(22-14-6-2-7-15-22,25(33-26)20-11-4-1-5-12-20)27(32)30-24-17-8-3-9-18-24/h1-2,4-7,10-16,19,24-25H,3,8-9,17-18H2,(H,30,32)/t25-,28+/m0/s1. The maximum Gasteiger partial charge on any atom is 0.257 e. The number of nitrogens with zero attached hydrogens (tertiary/aromatic N) is 1. The fourth-order valence-corrected chi connectivity index (χ4v) is 5.07. The summed E-state index contributed by atoms with van der Waals surface area (Å²) in [6, 6.07) is 27.2. The van der Waals surface area contributed by atoms with E-state index in [4.69, 9.17) is 21.3 Å². The minimum atomic E-state index is -1.24. The molecule has 33 heavy (non-hydrogen) atoms. The third kappa shape index (κ3) is 4.28. The van der Waals surface area contributed by atoms with Gasteiger partial charge in [-0.3, -0.25) is 4.79 Å². The molecule has 0 spiro atoms. The molecule has 2 atom stereocenters. The van der Waals surface area contributed by atoms with Crippen LogP contribution in [-0.2, 0) is 15.1 Å². The lowest BCUT2D eigenvalue weighted by atomic mass is 9.80. The van der Waals surface area contributed by atoms with E-state index in [1.165, 1.54) is 6.42 Å². The maximum absolute atomic E-state index is 14.1. The van der Waals surface area contributed by atoms with Crippen LogP contribution in [0.25, 0.3) is 0 Å². The molecule has 1 aliphatic heterocycles. The Morgan fingerprint density at radius 1 is 0.909 bits per heavy atom. The van der Waals surface area contributed by atoms with Crippen molar-refractivity contribution in [2.75, 3.05) is 0 Å². The number of rotatable bonds is 5. The van der Waals surface area contributed by atoms with Crippen LogP contribution >= 0.6 is 11.6 Å². The van der Waals surface area contributed by atoms with Crippen molar-refractivity contribution < 1.29 is 9.53 Å². The van der Waals surface area contributed by atoms with Gasteiger partial charge in [0.1, 0.15) is 0 Å². The Bertz CT molecular complexity index is 1140. The molecule has 5 heteroatoms. The second-order valence-electron chi connectivity index (χ2n) is 8.78. The number of ether oxygens (including phenoxy) is 1. The molecule has 1 heterocycles. The Kier molecular flexibility index (Phi) is 6.19. The van der Waals surface area contributed by atoms with Crippen LogP contribution in [0.5, 0.6) is 0 Å². The van der Waals surface area contributed by atoms with Crippen molar-refractivity contribution in [2.45, 2.75) is 49.8 Å². The molecule has 1 N–H and O–H groups in total. The Balaban J connectivity index is 1.65. The van der Waals surface area contributed by atoms with E-state index in [0.717, 1.165) is 42.4 Å². The van der Waals surface area contributed by atoms with Gasteiger partial charge in [0.2, 0.25) is 11.4 Å². The number of aliphatic imine (C=N–C) groups is 1. The van der Waals surface area contributed by atoms with E-state index in [1.54, 1.807) is 0 Å². The number of carbonyl (C=O) groups is 1. The number of amides is 1. The fraction of sp³-hybridized carbons (Fsp3) is 0.286. The van der Waals surface area contributed by atoms with Gasteiger partial charge in [-0.15, -0.1) is 0 Å². The highest BCUT2D eigenvalue weighted by atomic mass is 35.5. The zero-order chi connectivity index (χ0) is 22.7. The van der Waals surface area contributed by atoms with Crippen LogP contribution in [0.4, 0.5) is 0 Å². The molecule has 0 unspecified atom stereocenters. The molecule has 3 aromatic carbocycles. The molecule has 2 aliphatic rings. The van der Waals surface area contributed by atoms with E-state index >= 15 is 0 Å². The smallest absolute Gasteiger partial charge is 0.257 e. The van der Waals surface area contributed by atoms with Crippen molar-refractivity contribution in [2.24, 2.45) is 4.99 Å². The summed E-state index contributed by atoms with van der Waals surface area (Å²) in [5.41, 5.74) is 1.23. The van der Waals surface area contributed by atoms with Crippen molar-refractivity contribution in [1.29, 1.82) is 0 Å². The molecule has 5 rings (SSSR count). The van der Waals surface area contributed by atoms with E-state index in [1.807, 2.05) is 84.9 Å². The van der Waals surface area contributed by atoms with Crippen molar-refractivity contribution in [1.82, 2.24) is 5.32 Å². The lowest BCUT2D eigenvalue weighted by molar-refractivity contribution is -0.130. The minimum absolute atomic E-state index is 0.119. The van der Waals surface area contributed by atoms with Crippen molar-refractivity contribution in [3.63, 3.8) is 0 Å². The molecule has 4 nitrogen and oxygen atoms in total. The van der Waals surface area contributed by atoms with Gasteiger partial charge in [-0.05, 0) is 42.2 Å². The van der Waals surface area contributed by atoms with E-state index in [2.05, 4.69) is 5.32 Å². The van der Waals surface area contributed by atoms with Gasteiger partial charge in [-0.25, -0.2) is 4.99 Å². The van der Waals surface area contributed by atoms with Gasteiger partial charge in [0.15, 0.2) is 6.10 Å². The van der Waals surface area contributed by atoms with Gasteiger partial charge in [0.05, 0.1) is 0 Å². The van der Waals surface area contributed by atoms with Crippen LogP contribution in [0.3, 0.4) is 0 Å². The summed E-state index contributed by atoms with van der Waals surface area (Å²) in [6.07, 6.45) is 4.90. The SMILES string of the molecule is O=C(NC1CCCCC1)[C@]1(c2ccccc2)N=C(c2cccc(Cl)c2)O[C@H]1c1ccccc1. The van der Waals surface area contributed by atoms with Crippen LogP contribution < -0.4 is 5.32 Å². The summed E-state index contributed by atoms with van der Waals surface area (Å²) in [4.78, 5) is 19.2. The Hall–Kier alpha value is -3.11. The average molecular weight is 459 g/mol. The number of benzene rings is 3. The summed E-state index contributed by atoms with van der Waals surface area (Å²) in [5.74, 6) is 0.306. The predicted molar refractivity (Wildman–Crippen MR) is 131 cm³/mol. The molecule has 0 aromatic heterocycles. The monoisotopic (exact) mass is 458 g/mol. The lowest BCUT2D eigenvalue weighted by Crippen LogP contribution is -2.49. The first-order chi connectivity index (χ1) is 16.2. The minimum Gasteiger partial charge on any atom is -0.466 e. The summed E-state index contributed by atoms with van der Waals surface area (Å²) in [6.45, 7) is 0. The zero-order valence-electron chi connectivity index (χ0n) is 18.4. The molecule has 1 aliphatic carbocycles. The largest absolute Gasteiger partial charge is 0.466 e. The zero-order valence-corrected chi connectivity index (χ0v) is 19.2. The third-order valence-electron chi connectivity index (χ3n) is 6.56. The molecule has 168 valence electrons. The molecule has 0 saturated heterocycles. The van der Waals surface area contributed by atoms with Gasteiger partial charge >= 0.3 is 0 Å². The highest BCUT2D eigenvalue weighted by molar-refractivity contribution is 6.31. The number of hydrogen-bond acceptors (Lipinski definition) is 3. The molecule has 1 fully saturated rings. The van der Waals surface area contributed by atoms with E-state index < -0.39 is 11.6 Å². The van der Waals surface area contributed by atoms with Gasteiger partial charge < -0.3 is 10.1 Å². The molecular weight excluding hydrogens is 432 g/mol. The highest BCUT2D eigenvalue weighted by Gasteiger charge is 2.55. The first-order valence-corrected chi connectivity index (χ1v) is 12.0. The van der Waals surface area contributed by atoms with Crippen LogP contribution in [0.1, 0.15) is 54.9 Å². The van der Waals surface area contributed by atoms with Crippen molar-refractivity contribution in [3.05, 3.63) is 107 Å². The topological polar surface area (TPSA) is 50.7 Å². The molecule has 0 radical (unpaired) electrons. The molecular formula is C28H27ClN2O2. The van der Waals surface area contributed by atoms with Crippen LogP contribution in [0, 0.1) is 0 Å². The fourth-order valence-electron chi connectivity index (χ4n) is 4.88. The van der Waals surface area contributed by atoms with E-state index in [0.29, 0.717) is 10.9 Å². The van der Waals surface area contributed by atoms with E-state index in [9.17, 15) is 4.79 Å². The first-order valence-electron chi connectivity index (χ1n) is 11.6. The van der Waals surface area contributed by atoms with Crippen LogP contribution in [0.15, 0.2) is 89.9 Å². The Labute approximate surface area is 199 Å². The molecule has 3 aromatic rings. The Morgan fingerprint density at radius 3 is 2.30 bits per heavy atom. The second kappa shape index (κ2) is 9.40. The van der Waals surface area contributed by atoms with Gasteiger partial charge in [0, 0.05) is 16.6 Å². The first kappa shape index (κ1) is 21.7. The summed E-state index contributed by atoms with van der Waals surface area (Å²) >= 11 is 6.27. The summed E-state index contributed by atoms with van der Waals surface area (Å²) in [7, 11) is 0. The normalized spacial score (nSPS) is 22.9. The van der Waals surface area contributed by atoms with Gasteiger partial charge in [-0.1, -0.05) is 97.6 Å². The number of carbonyl (C=O) groups excluding carboxylic acids is 1. The third-order valence-corrected chi connectivity index (χ3v) is 6.80. The molecule has 0 bridgehead atoms. The molecule has 1 saturated carbocycles. The van der Waals surface area contributed by atoms with Gasteiger partial charge in [0.25, 0.3) is 5.91 Å². The van der Waals surface area contributed by atoms with Crippen LogP contribution in [-0.4, -0.2) is 17.8 Å². The maximum atomic E-state index is 14.1. The highest BCUT2D eigenvalue weighted by Crippen LogP contribution is 2.47. The average Bonchev–Trinajstić information content (AvgIpc) is 3.28. The second-order valence-corrected chi connectivity index (χ2v) is 9.21. The quantitative estimate of drug-likeness (QED) is 0.494. The van der Waals surface area contributed by atoms with Gasteiger partial charge in [-0.2, -0.15) is 0 Å². The summed E-state index contributed by atoms with van der Waals surface area (Å²) in [5, 5.41) is 3.93. The van der Waals surface area contributed by atoms with Crippen molar-refractivity contribution in [3.8, 4) is 0 Å². The van der Waals surface area contributed by atoms with Crippen molar-refractivity contribution >= 4 is 23.4 Å². The lowest BCUT2D eigenvalue weighted by Gasteiger charge is -2.33. The molecule has 1 amide bonds. The van der Waals surface area contributed by atoms with Crippen LogP contribution in [0.2, 0.25) is 5.02 Å². The van der Waals surface area contributed by atoms with E-state index in [-0.39, 0.29) is 11.9 Å². The predicted octanol–water partition coefficient (Wildman–Crippen LogP) is 6.20. The summed E-state index contributed by atoms with van der Waals surface area (Å²) < 4.78 is 6.50. The number of hydrogen-bond donors (Lipinski definition) is 1. The number of halogens is 1. The Morgan fingerprint density at radius 2 is 1.61 bits per heavy atom. The number of nitrogens with one attached hydrogen (secondary N) is 1.